The molecule has 0 bridgehead atoms. The van der Waals surface area contributed by atoms with E-state index in [-0.39, 0.29) is 22.5 Å². The van der Waals surface area contributed by atoms with Crippen molar-refractivity contribution >= 4 is 22.6 Å². The Hall–Kier alpha value is -3.75. The second-order valence-corrected chi connectivity index (χ2v) is 5.23. The van der Waals surface area contributed by atoms with Crippen LogP contribution in [0.4, 0.5) is 0 Å². The van der Waals surface area contributed by atoms with Crippen LogP contribution in [0.2, 0.25) is 0 Å². The summed E-state index contributed by atoms with van der Waals surface area (Å²) in [5.41, 5.74) is 1.07. The minimum atomic E-state index is -0.582. The maximum Gasteiger partial charge on any atom is 0.343 e. The Morgan fingerprint density at radius 2 is 1.92 bits per heavy atom. The van der Waals surface area contributed by atoms with Crippen LogP contribution in [0.1, 0.15) is 10.4 Å². The lowest BCUT2D eigenvalue weighted by atomic mass is 10.3. The van der Waals surface area contributed by atoms with Crippen molar-refractivity contribution in [3.05, 3.63) is 58.6 Å². The van der Waals surface area contributed by atoms with E-state index in [1.165, 1.54) is 34.5 Å². The summed E-state index contributed by atoms with van der Waals surface area (Å²) in [7, 11) is 1.26. The van der Waals surface area contributed by atoms with Gasteiger partial charge in [0.05, 0.1) is 13.3 Å². The largest absolute Gasteiger partial charge is 0.508 e. The van der Waals surface area contributed by atoms with E-state index in [2.05, 4.69) is 20.0 Å². The van der Waals surface area contributed by atoms with Gasteiger partial charge >= 0.3 is 5.97 Å². The summed E-state index contributed by atoms with van der Waals surface area (Å²) < 4.78 is 7.43. The molecule has 0 aliphatic rings. The highest BCUT2D eigenvalue weighted by Gasteiger charge is 2.18. The number of esters is 1. The summed E-state index contributed by atoms with van der Waals surface area (Å²) in [5, 5.41) is 21.4. The van der Waals surface area contributed by atoms with Crippen molar-refractivity contribution in [2.45, 2.75) is 0 Å². The van der Waals surface area contributed by atoms with Crippen LogP contribution in [0.15, 0.2) is 47.5 Å². The summed E-state index contributed by atoms with van der Waals surface area (Å²) in [6.45, 7) is 0. The number of pyridine rings is 1. The highest BCUT2D eigenvalue weighted by Crippen LogP contribution is 2.16. The van der Waals surface area contributed by atoms with Gasteiger partial charge in [0.2, 0.25) is 0 Å². The minimum Gasteiger partial charge on any atom is -0.508 e. The molecule has 0 fully saturated rings. The standard InChI is InChI=1S/C16H11N5O4/c1-25-16(24)11-8-17-21-12-6-7-20(9-2-4-10(22)5-3-9)15(23)13(12)18-19-14(11)21/h2-8,22H,1H3. The average Bonchev–Trinajstić information content (AvgIpc) is 3.07. The quantitative estimate of drug-likeness (QED) is 0.541. The first-order chi connectivity index (χ1) is 12.1. The van der Waals surface area contributed by atoms with Gasteiger partial charge in [-0.25, -0.2) is 9.31 Å². The van der Waals surface area contributed by atoms with E-state index >= 15 is 0 Å². The van der Waals surface area contributed by atoms with Crippen LogP contribution in [0, 0.1) is 0 Å². The molecule has 0 spiro atoms. The zero-order valence-corrected chi connectivity index (χ0v) is 12.9. The van der Waals surface area contributed by atoms with Gasteiger partial charge < -0.3 is 9.84 Å². The van der Waals surface area contributed by atoms with Crippen LogP contribution in [0.3, 0.4) is 0 Å². The number of phenols is 1. The third kappa shape index (κ3) is 2.21. The number of phenolic OH excluding ortho intramolecular Hbond substituents is 1. The molecule has 4 aromatic rings. The molecule has 4 rings (SSSR count). The molecule has 9 heteroatoms. The molecular formula is C16H11N5O4. The van der Waals surface area contributed by atoms with E-state index in [1.807, 2.05) is 0 Å². The summed E-state index contributed by atoms with van der Waals surface area (Å²) >= 11 is 0. The van der Waals surface area contributed by atoms with Gasteiger partial charge in [-0.3, -0.25) is 9.36 Å². The predicted molar refractivity (Wildman–Crippen MR) is 86.9 cm³/mol. The Kier molecular flexibility index (Phi) is 3.21. The molecule has 1 aromatic carbocycles. The number of rotatable bonds is 2. The second-order valence-electron chi connectivity index (χ2n) is 5.23. The Morgan fingerprint density at radius 1 is 1.16 bits per heavy atom. The zero-order chi connectivity index (χ0) is 17.6. The molecular weight excluding hydrogens is 326 g/mol. The molecule has 3 heterocycles. The number of aromatic nitrogens is 5. The van der Waals surface area contributed by atoms with E-state index in [1.54, 1.807) is 24.4 Å². The molecule has 0 amide bonds. The lowest BCUT2D eigenvalue weighted by molar-refractivity contribution is 0.0602. The number of hydrogen-bond donors (Lipinski definition) is 1. The van der Waals surface area contributed by atoms with Crippen molar-refractivity contribution < 1.29 is 14.6 Å². The van der Waals surface area contributed by atoms with Crippen LogP contribution in [0.25, 0.3) is 22.4 Å². The van der Waals surface area contributed by atoms with Gasteiger partial charge in [0.25, 0.3) is 5.56 Å². The Morgan fingerprint density at radius 3 is 2.64 bits per heavy atom. The minimum absolute atomic E-state index is 0.0996. The number of ether oxygens (including phenoxy) is 1. The molecule has 0 unspecified atom stereocenters. The fraction of sp³-hybridized carbons (Fsp3) is 0.0625. The van der Waals surface area contributed by atoms with E-state index < -0.39 is 11.5 Å². The lowest BCUT2D eigenvalue weighted by Crippen LogP contribution is -2.20. The fourth-order valence-corrected chi connectivity index (χ4v) is 2.56. The molecule has 0 saturated heterocycles. The number of methoxy groups -OCH3 is 1. The molecule has 0 aliphatic heterocycles. The molecule has 1 N–H and O–H groups in total. The normalized spacial score (nSPS) is 11.1. The number of benzene rings is 1. The van der Waals surface area contributed by atoms with Crippen molar-refractivity contribution in [1.29, 1.82) is 0 Å². The maximum atomic E-state index is 12.7. The number of hydrogen-bond acceptors (Lipinski definition) is 7. The maximum absolute atomic E-state index is 12.7. The SMILES string of the molecule is COC(=O)c1cnn2c1nnc1c(=O)n(-c3ccc(O)cc3)ccc12. The summed E-state index contributed by atoms with van der Waals surface area (Å²) in [4.78, 5) is 24.4. The zero-order valence-electron chi connectivity index (χ0n) is 12.9. The van der Waals surface area contributed by atoms with Gasteiger partial charge in [-0.15, -0.1) is 10.2 Å². The van der Waals surface area contributed by atoms with Gasteiger partial charge in [-0.2, -0.15) is 5.10 Å². The molecule has 25 heavy (non-hydrogen) atoms. The first kappa shape index (κ1) is 14.8. The number of carbonyl (C=O) groups excluding carboxylic acids is 1. The van der Waals surface area contributed by atoms with Gasteiger partial charge in [0.15, 0.2) is 11.2 Å². The van der Waals surface area contributed by atoms with Crippen molar-refractivity contribution in [2.24, 2.45) is 0 Å². The van der Waals surface area contributed by atoms with Crippen LogP contribution >= 0.6 is 0 Å². The molecule has 0 aliphatic carbocycles. The van der Waals surface area contributed by atoms with E-state index in [9.17, 15) is 14.7 Å². The number of nitrogens with zero attached hydrogens (tertiary/aromatic N) is 5. The number of fused-ring (bicyclic) bond motifs is 3. The third-order valence-electron chi connectivity index (χ3n) is 3.80. The van der Waals surface area contributed by atoms with Gasteiger partial charge in [-0.05, 0) is 30.3 Å². The molecule has 3 aromatic heterocycles. The molecule has 0 saturated carbocycles. The highest BCUT2D eigenvalue weighted by atomic mass is 16.5. The van der Waals surface area contributed by atoms with E-state index in [0.717, 1.165) is 0 Å². The van der Waals surface area contributed by atoms with Gasteiger partial charge in [-0.1, -0.05) is 0 Å². The molecule has 0 radical (unpaired) electrons. The smallest absolute Gasteiger partial charge is 0.343 e. The summed E-state index contributed by atoms with van der Waals surface area (Å²) in [6.07, 6.45) is 2.89. The third-order valence-corrected chi connectivity index (χ3v) is 3.80. The Bertz CT molecular complexity index is 1180. The van der Waals surface area contributed by atoms with Crippen molar-refractivity contribution in [3.63, 3.8) is 0 Å². The average molecular weight is 337 g/mol. The Balaban J connectivity index is 1.97. The Labute approximate surface area is 139 Å². The van der Waals surface area contributed by atoms with Crippen LogP contribution in [-0.2, 0) is 4.74 Å². The number of carbonyl (C=O) groups is 1. The predicted octanol–water partition coefficient (Wildman–Crippen LogP) is 0.921. The fourth-order valence-electron chi connectivity index (χ4n) is 2.56. The lowest BCUT2D eigenvalue weighted by Gasteiger charge is -2.07. The van der Waals surface area contributed by atoms with Crippen LogP contribution in [0.5, 0.6) is 5.75 Å². The summed E-state index contributed by atoms with van der Waals surface area (Å²) in [5.74, 6) is -0.480. The van der Waals surface area contributed by atoms with Gasteiger partial charge in [0.1, 0.15) is 16.8 Å². The molecule has 9 nitrogen and oxygen atoms in total. The monoisotopic (exact) mass is 337 g/mol. The first-order valence-corrected chi connectivity index (χ1v) is 7.23. The molecule has 0 atom stereocenters. The van der Waals surface area contributed by atoms with Crippen molar-refractivity contribution in [1.82, 2.24) is 24.4 Å². The topological polar surface area (TPSA) is 112 Å². The summed E-state index contributed by atoms with van der Waals surface area (Å²) in [6, 6.07) is 7.84. The second kappa shape index (κ2) is 5.41. The van der Waals surface area contributed by atoms with Crippen LogP contribution < -0.4 is 5.56 Å². The van der Waals surface area contributed by atoms with Gasteiger partial charge in [0, 0.05) is 11.9 Å². The number of aromatic hydroxyl groups is 1. The van der Waals surface area contributed by atoms with Crippen molar-refractivity contribution in [2.75, 3.05) is 7.11 Å². The molecule has 124 valence electrons. The highest BCUT2D eigenvalue weighted by molar-refractivity contribution is 5.96. The first-order valence-electron chi connectivity index (χ1n) is 7.23. The van der Waals surface area contributed by atoms with Crippen molar-refractivity contribution in [3.8, 4) is 11.4 Å². The van der Waals surface area contributed by atoms with Crippen LogP contribution in [-0.4, -0.2) is 42.6 Å². The van der Waals surface area contributed by atoms with E-state index in [0.29, 0.717) is 11.2 Å². The van der Waals surface area contributed by atoms with E-state index in [4.69, 9.17) is 0 Å².